The van der Waals surface area contributed by atoms with E-state index in [1.54, 1.807) is 12.1 Å². The van der Waals surface area contributed by atoms with Gasteiger partial charge in [0.15, 0.2) is 0 Å². The number of nitrogens with zero attached hydrogens (tertiary/aromatic N) is 2. The van der Waals surface area contributed by atoms with Crippen LogP contribution in [0.25, 0.3) is 0 Å². The second-order valence-corrected chi connectivity index (χ2v) is 6.69. The summed E-state index contributed by atoms with van der Waals surface area (Å²) in [6.45, 7) is 4.42. The van der Waals surface area contributed by atoms with Crippen molar-refractivity contribution < 1.29 is 4.79 Å². The number of likely N-dealkylation sites (N-methyl/N-ethyl adjacent to an activating group) is 1. The second kappa shape index (κ2) is 8.23. The van der Waals surface area contributed by atoms with E-state index in [1.807, 2.05) is 24.3 Å². The number of hydrogen-bond donors (Lipinski definition) is 2. The van der Waals surface area contributed by atoms with Crippen LogP contribution in [0, 0.1) is 0 Å². The molecule has 5 nitrogen and oxygen atoms in total. The molecule has 0 unspecified atom stereocenters. The van der Waals surface area contributed by atoms with Crippen LogP contribution in [0.15, 0.2) is 48.5 Å². The van der Waals surface area contributed by atoms with E-state index in [-0.39, 0.29) is 12.5 Å². The first-order valence-electron chi connectivity index (χ1n) is 8.43. The van der Waals surface area contributed by atoms with E-state index < -0.39 is 0 Å². The van der Waals surface area contributed by atoms with Crippen molar-refractivity contribution in [3.63, 3.8) is 0 Å². The van der Waals surface area contributed by atoms with Crippen LogP contribution in [-0.2, 0) is 4.79 Å². The Bertz CT molecular complexity index is 712. The predicted octanol–water partition coefficient (Wildman–Crippen LogP) is 3.14. The number of carbonyl (C=O) groups is 1. The molecule has 0 saturated carbocycles. The molecule has 1 fully saturated rings. The van der Waals surface area contributed by atoms with E-state index in [0.717, 1.165) is 37.6 Å². The quantitative estimate of drug-likeness (QED) is 0.862. The Hall–Kier alpha value is -2.24. The molecule has 132 valence electrons. The Kier molecular flexibility index (Phi) is 5.79. The topological polar surface area (TPSA) is 47.6 Å². The van der Waals surface area contributed by atoms with Gasteiger partial charge in [0.2, 0.25) is 5.91 Å². The third-order valence-corrected chi connectivity index (χ3v) is 4.53. The van der Waals surface area contributed by atoms with Gasteiger partial charge < -0.3 is 20.4 Å². The number of amides is 1. The fraction of sp³-hybridized carbons (Fsp3) is 0.316. The number of nitrogens with one attached hydrogen (secondary N) is 2. The van der Waals surface area contributed by atoms with Gasteiger partial charge in [-0.25, -0.2) is 0 Å². The number of anilines is 3. The van der Waals surface area contributed by atoms with Crippen molar-refractivity contribution in [2.24, 2.45) is 0 Å². The monoisotopic (exact) mass is 358 g/mol. The molecule has 0 spiro atoms. The minimum Gasteiger partial charge on any atom is -0.376 e. The number of carbonyl (C=O) groups excluding carboxylic acids is 1. The van der Waals surface area contributed by atoms with Gasteiger partial charge in [0, 0.05) is 48.3 Å². The van der Waals surface area contributed by atoms with E-state index in [1.165, 1.54) is 5.69 Å². The fourth-order valence-corrected chi connectivity index (χ4v) is 3.00. The smallest absolute Gasteiger partial charge is 0.243 e. The lowest BCUT2D eigenvalue weighted by atomic mass is 10.2. The van der Waals surface area contributed by atoms with Gasteiger partial charge in [-0.3, -0.25) is 4.79 Å². The molecule has 0 radical (unpaired) electrons. The van der Waals surface area contributed by atoms with Crippen LogP contribution in [0.5, 0.6) is 0 Å². The largest absolute Gasteiger partial charge is 0.376 e. The Balaban J connectivity index is 1.50. The second-order valence-electron chi connectivity index (χ2n) is 6.25. The molecule has 1 saturated heterocycles. The van der Waals surface area contributed by atoms with Crippen LogP contribution >= 0.6 is 11.6 Å². The van der Waals surface area contributed by atoms with Crippen molar-refractivity contribution in [3.05, 3.63) is 53.6 Å². The summed E-state index contributed by atoms with van der Waals surface area (Å²) in [7, 11) is 2.15. The summed E-state index contributed by atoms with van der Waals surface area (Å²) in [5, 5.41) is 6.61. The van der Waals surface area contributed by atoms with E-state index in [9.17, 15) is 4.79 Å². The summed E-state index contributed by atoms with van der Waals surface area (Å²) in [5.74, 6) is -0.0904. The highest BCUT2D eigenvalue weighted by molar-refractivity contribution is 6.30. The molecule has 2 aromatic rings. The zero-order valence-electron chi connectivity index (χ0n) is 14.3. The maximum absolute atomic E-state index is 12.1. The third kappa shape index (κ3) is 5.11. The van der Waals surface area contributed by atoms with Gasteiger partial charge in [-0.15, -0.1) is 0 Å². The number of halogens is 1. The van der Waals surface area contributed by atoms with Gasteiger partial charge in [-0.1, -0.05) is 17.7 Å². The first-order chi connectivity index (χ1) is 12.1. The molecular formula is C19H23ClN4O. The Morgan fingerprint density at radius 3 is 2.44 bits per heavy atom. The average molecular weight is 359 g/mol. The van der Waals surface area contributed by atoms with Crippen LogP contribution in [0.4, 0.5) is 17.1 Å². The molecule has 2 N–H and O–H groups in total. The van der Waals surface area contributed by atoms with Gasteiger partial charge in [0.25, 0.3) is 0 Å². The predicted molar refractivity (Wildman–Crippen MR) is 105 cm³/mol. The summed E-state index contributed by atoms with van der Waals surface area (Å²) in [6.07, 6.45) is 0. The van der Waals surface area contributed by atoms with Crippen molar-refractivity contribution in [1.29, 1.82) is 0 Å². The maximum Gasteiger partial charge on any atom is 0.243 e. The summed E-state index contributed by atoms with van der Waals surface area (Å²) < 4.78 is 0. The summed E-state index contributed by atoms with van der Waals surface area (Å²) >= 11 is 5.93. The van der Waals surface area contributed by atoms with Crippen LogP contribution in [0.3, 0.4) is 0 Å². The highest BCUT2D eigenvalue weighted by atomic mass is 35.5. The normalized spacial score (nSPS) is 15.0. The van der Waals surface area contributed by atoms with Crippen LogP contribution in [0.2, 0.25) is 5.02 Å². The lowest BCUT2D eigenvalue weighted by Gasteiger charge is -2.34. The first kappa shape index (κ1) is 17.6. The highest BCUT2D eigenvalue weighted by Crippen LogP contribution is 2.19. The van der Waals surface area contributed by atoms with Crippen LogP contribution in [-0.4, -0.2) is 50.6 Å². The third-order valence-electron chi connectivity index (χ3n) is 4.30. The van der Waals surface area contributed by atoms with Gasteiger partial charge in [0.05, 0.1) is 6.54 Å². The van der Waals surface area contributed by atoms with Crippen molar-refractivity contribution >= 4 is 34.6 Å². The molecule has 0 aromatic heterocycles. The Morgan fingerprint density at radius 2 is 1.76 bits per heavy atom. The molecule has 1 aliphatic rings. The average Bonchev–Trinajstić information content (AvgIpc) is 2.62. The Morgan fingerprint density at radius 1 is 1.04 bits per heavy atom. The van der Waals surface area contributed by atoms with Gasteiger partial charge in [-0.2, -0.15) is 0 Å². The zero-order chi connectivity index (χ0) is 17.6. The molecule has 1 amide bonds. The highest BCUT2D eigenvalue weighted by Gasteiger charge is 2.14. The van der Waals surface area contributed by atoms with E-state index in [0.29, 0.717) is 5.02 Å². The van der Waals surface area contributed by atoms with Crippen LogP contribution in [0.1, 0.15) is 0 Å². The lowest BCUT2D eigenvalue weighted by molar-refractivity contribution is -0.114. The molecule has 0 bridgehead atoms. The van der Waals surface area contributed by atoms with Gasteiger partial charge >= 0.3 is 0 Å². The molecular weight excluding hydrogens is 336 g/mol. The molecule has 1 aliphatic heterocycles. The van der Waals surface area contributed by atoms with Crippen molar-refractivity contribution in [2.75, 3.05) is 55.3 Å². The summed E-state index contributed by atoms with van der Waals surface area (Å²) in [4.78, 5) is 16.8. The van der Waals surface area contributed by atoms with Crippen molar-refractivity contribution in [2.45, 2.75) is 0 Å². The number of benzene rings is 2. The fourth-order valence-electron chi connectivity index (χ4n) is 2.81. The molecule has 0 aliphatic carbocycles. The van der Waals surface area contributed by atoms with E-state index in [4.69, 9.17) is 11.6 Å². The lowest BCUT2D eigenvalue weighted by Crippen LogP contribution is -2.44. The van der Waals surface area contributed by atoms with E-state index in [2.05, 4.69) is 39.6 Å². The van der Waals surface area contributed by atoms with Gasteiger partial charge in [0.1, 0.15) is 0 Å². The van der Waals surface area contributed by atoms with Crippen molar-refractivity contribution in [1.82, 2.24) is 4.90 Å². The molecule has 25 heavy (non-hydrogen) atoms. The number of rotatable bonds is 5. The van der Waals surface area contributed by atoms with Gasteiger partial charge in [-0.05, 0) is 49.5 Å². The Labute approximate surface area is 153 Å². The molecule has 2 aromatic carbocycles. The molecule has 0 atom stereocenters. The molecule has 1 heterocycles. The summed E-state index contributed by atoms with van der Waals surface area (Å²) in [5.41, 5.74) is 2.83. The summed E-state index contributed by atoms with van der Waals surface area (Å²) in [6, 6.07) is 15.3. The first-order valence-corrected chi connectivity index (χ1v) is 8.81. The minimum absolute atomic E-state index is 0.0904. The van der Waals surface area contributed by atoms with Crippen molar-refractivity contribution in [3.8, 4) is 0 Å². The number of hydrogen-bond acceptors (Lipinski definition) is 4. The van der Waals surface area contributed by atoms with E-state index >= 15 is 0 Å². The minimum atomic E-state index is -0.0904. The molecule has 6 heteroatoms. The SMILES string of the molecule is CN1CCN(c2ccc(NC(=O)CNc3cccc(Cl)c3)cc2)CC1. The number of piperazine rings is 1. The zero-order valence-corrected chi connectivity index (χ0v) is 15.1. The van der Waals surface area contributed by atoms with Crippen LogP contribution < -0.4 is 15.5 Å². The molecule has 3 rings (SSSR count). The maximum atomic E-state index is 12.1. The standard InChI is InChI=1S/C19H23ClN4O/c1-23-9-11-24(12-10-23)18-7-5-16(6-8-18)22-19(25)14-21-17-4-2-3-15(20)13-17/h2-8,13,21H,9-12,14H2,1H3,(H,22,25).